The van der Waals surface area contributed by atoms with Crippen LogP contribution in [-0.4, -0.2) is 51.9 Å². The second kappa shape index (κ2) is 10.3. The van der Waals surface area contributed by atoms with Crippen LogP contribution in [0, 0.1) is 0 Å². The summed E-state index contributed by atoms with van der Waals surface area (Å²) in [5.74, 6) is 0.766. The fourth-order valence-corrected chi connectivity index (χ4v) is 5.87. The maximum Gasteiger partial charge on any atom is 0.416 e. The van der Waals surface area contributed by atoms with Crippen molar-refractivity contribution in [1.29, 1.82) is 0 Å². The van der Waals surface area contributed by atoms with Crippen LogP contribution in [0.3, 0.4) is 0 Å². The molecule has 3 rings (SSSR count). The van der Waals surface area contributed by atoms with E-state index < -0.39 is 11.7 Å². The number of hydrogen-bond donors (Lipinski definition) is 0. The van der Waals surface area contributed by atoms with E-state index in [0.29, 0.717) is 38.9 Å². The van der Waals surface area contributed by atoms with Crippen molar-refractivity contribution in [3.05, 3.63) is 35.4 Å². The van der Waals surface area contributed by atoms with Gasteiger partial charge in [-0.3, -0.25) is 9.59 Å². The van der Waals surface area contributed by atoms with Crippen molar-refractivity contribution < 1.29 is 22.8 Å². The third-order valence-electron chi connectivity index (χ3n) is 6.27. The highest BCUT2D eigenvalue weighted by Crippen LogP contribution is 2.44. The van der Waals surface area contributed by atoms with Crippen LogP contribution in [0.4, 0.5) is 13.2 Å². The lowest BCUT2D eigenvalue weighted by molar-refractivity contribution is -0.137. The quantitative estimate of drug-likeness (QED) is 0.504. The average Bonchev–Trinajstić information content (AvgIpc) is 3.15. The number of carbonyl (C=O) groups is 2. The van der Waals surface area contributed by atoms with E-state index in [1.807, 2.05) is 9.80 Å². The van der Waals surface area contributed by atoms with Gasteiger partial charge in [0, 0.05) is 37.4 Å². The van der Waals surface area contributed by atoms with Gasteiger partial charge in [-0.15, -0.1) is 11.8 Å². The molecule has 0 saturated carbocycles. The first-order chi connectivity index (χ1) is 14.8. The number of likely N-dealkylation sites (tertiary alicyclic amines) is 1. The van der Waals surface area contributed by atoms with E-state index in [0.717, 1.165) is 30.7 Å². The minimum absolute atomic E-state index is 0.190. The lowest BCUT2D eigenvalue weighted by Gasteiger charge is -2.44. The Kier molecular flexibility index (Phi) is 7.94. The molecule has 31 heavy (non-hydrogen) atoms. The number of rotatable bonds is 7. The second-order valence-electron chi connectivity index (χ2n) is 8.37. The van der Waals surface area contributed by atoms with Crippen molar-refractivity contribution >= 4 is 23.6 Å². The van der Waals surface area contributed by atoms with Gasteiger partial charge in [-0.1, -0.05) is 32.6 Å². The number of unbranched alkanes of at least 4 members (excludes halogenated alkanes) is 4. The molecule has 2 amide bonds. The largest absolute Gasteiger partial charge is 0.416 e. The summed E-state index contributed by atoms with van der Waals surface area (Å²) in [6, 6.07) is 4.45. The smallest absolute Gasteiger partial charge is 0.342 e. The Bertz CT molecular complexity index is 759. The molecule has 0 radical (unpaired) electrons. The Labute approximate surface area is 186 Å². The Morgan fingerprint density at radius 2 is 1.65 bits per heavy atom. The first kappa shape index (κ1) is 24.0. The van der Waals surface area contributed by atoms with Gasteiger partial charge in [-0.25, -0.2) is 0 Å². The summed E-state index contributed by atoms with van der Waals surface area (Å²) in [7, 11) is 0. The average molecular weight is 457 g/mol. The number of thioether (sulfide) groups is 1. The van der Waals surface area contributed by atoms with E-state index in [2.05, 4.69) is 6.92 Å². The number of amides is 2. The molecule has 0 atom stereocenters. The Morgan fingerprint density at radius 1 is 1.00 bits per heavy atom. The van der Waals surface area contributed by atoms with Crippen LogP contribution in [0.2, 0.25) is 0 Å². The first-order valence-electron chi connectivity index (χ1n) is 11.2. The number of alkyl halides is 3. The van der Waals surface area contributed by atoms with Crippen molar-refractivity contribution in [3.8, 4) is 0 Å². The summed E-state index contributed by atoms with van der Waals surface area (Å²) in [4.78, 5) is 29.0. The molecule has 2 saturated heterocycles. The van der Waals surface area contributed by atoms with Crippen LogP contribution in [0.15, 0.2) is 24.3 Å². The SMILES string of the molecule is CCCCCCCC(=O)N1CCC2(CC1)SCCN2C(=O)c1ccc(C(F)(F)F)cc1. The molecule has 0 aliphatic carbocycles. The van der Waals surface area contributed by atoms with Crippen molar-refractivity contribution in [2.45, 2.75) is 69.3 Å². The zero-order chi connectivity index (χ0) is 22.5. The lowest BCUT2D eigenvalue weighted by atomic mass is 10.00. The van der Waals surface area contributed by atoms with Gasteiger partial charge in [0.15, 0.2) is 0 Å². The van der Waals surface area contributed by atoms with Crippen LogP contribution in [-0.2, 0) is 11.0 Å². The van der Waals surface area contributed by atoms with E-state index in [9.17, 15) is 22.8 Å². The second-order valence-corrected chi connectivity index (χ2v) is 9.83. The van der Waals surface area contributed by atoms with Crippen molar-refractivity contribution in [1.82, 2.24) is 9.80 Å². The first-order valence-corrected chi connectivity index (χ1v) is 12.2. The summed E-state index contributed by atoms with van der Waals surface area (Å²) < 4.78 is 38.4. The number of carbonyl (C=O) groups excluding carboxylic acids is 2. The van der Waals surface area contributed by atoms with E-state index in [4.69, 9.17) is 0 Å². The predicted molar refractivity (Wildman–Crippen MR) is 117 cm³/mol. The molecular formula is C23H31F3N2O2S. The standard InChI is InChI=1S/C23H31F3N2O2S/c1-2-3-4-5-6-7-20(29)27-14-12-22(13-15-27)28(16-17-31-22)21(30)18-8-10-19(11-9-18)23(24,25)26/h8-11H,2-7,12-17H2,1H3. The topological polar surface area (TPSA) is 40.6 Å². The van der Waals surface area contributed by atoms with Gasteiger partial charge in [0.2, 0.25) is 5.91 Å². The third kappa shape index (κ3) is 5.76. The fraction of sp³-hybridized carbons (Fsp3) is 0.652. The van der Waals surface area contributed by atoms with Gasteiger partial charge < -0.3 is 9.80 Å². The summed E-state index contributed by atoms with van der Waals surface area (Å²) in [5.41, 5.74) is -0.475. The number of halogens is 3. The van der Waals surface area contributed by atoms with Crippen LogP contribution in [0.5, 0.6) is 0 Å². The zero-order valence-corrected chi connectivity index (χ0v) is 18.9. The molecule has 1 spiro atoms. The third-order valence-corrected chi connectivity index (χ3v) is 7.83. The monoisotopic (exact) mass is 456 g/mol. The van der Waals surface area contributed by atoms with Crippen molar-refractivity contribution in [2.75, 3.05) is 25.4 Å². The maximum atomic E-state index is 13.1. The molecule has 1 aromatic rings. The number of benzene rings is 1. The molecule has 0 bridgehead atoms. The zero-order valence-electron chi connectivity index (χ0n) is 18.0. The fourth-order valence-electron chi connectivity index (χ4n) is 4.41. The van der Waals surface area contributed by atoms with Gasteiger partial charge in [0.1, 0.15) is 0 Å². The highest BCUT2D eigenvalue weighted by Gasteiger charge is 2.47. The lowest BCUT2D eigenvalue weighted by Crippen LogP contribution is -2.53. The van der Waals surface area contributed by atoms with Crippen LogP contribution in [0.25, 0.3) is 0 Å². The molecule has 0 N–H and O–H groups in total. The van der Waals surface area contributed by atoms with Crippen molar-refractivity contribution in [2.24, 2.45) is 0 Å². The van der Waals surface area contributed by atoms with Crippen molar-refractivity contribution in [3.63, 3.8) is 0 Å². The molecule has 2 aliphatic heterocycles. The van der Waals surface area contributed by atoms with Gasteiger partial charge in [0.25, 0.3) is 5.91 Å². The Balaban J connectivity index is 1.56. The van der Waals surface area contributed by atoms with Gasteiger partial charge in [0.05, 0.1) is 10.4 Å². The summed E-state index contributed by atoms with van der Waals surface area (Å²) in [6.07, 6.45) is 3.14. The van der Waals surface area contributed by atoms with Crippen LogP contribution < -0.4 is 0 Å². The van der Waals surface area contributed by atoms with Gasteiger partial charge in [-0.2, -0.15) is 13.2 Å². The molecule has 0 unspecified atom stereocenters. The Hall–Kier alpha value is -1.70. The molecule has 8 heteroatoms. The van der Waals surface area contributed by atoms with Gasteiger partial charge >= 0.3 is 6.18 Å². The highest BCUT2D eigenvalue weighted by atomic mass is 32.2. The molecule has 2 heterocycles. The van der Waals surface area contributed by atoms with Gasteiger partial charge in [-0.05, 0) is 43.5 Å². The molecule has 0 aromatic heterocycles. The van der Waals surface area contributed by atoms with Crippen LogP contribution in [0.1, 0.15) is 74.2 Å². The molecule has 172 valence electrons. The van der Waals surface area contributed by atoms with E-state index >= 15 is 0 Å². The molecular weight excluding hydrogens is 425 g/mol. The molecule has 4 nitrogen and oxygen atoms in total. The van der Waals surface area contributed by atoms with E-state index in [1.165, 1.54) is 31.4 Å². The van der Waals surface area contributed by atoms with E-state index in [-0.39, 0.29) is 22.2 Å². The minimum atomic E-state index is -4.42. The summed E-state index contributed by atoms with van der Waals surface area (Å²) in [6.45, 7) is 3.99. The molecule has 2 fully saturated rings. The highest BCUT2D eigenvalue weighted by molar-refractivity contribution is 8.00. The minimum Gasteiger partial charge on any atom is -0.342 e. The predicted octanol–water partition coefficient (Wildman–Crippen LogP) is 5.57. The number of piperidine rings is 1. The number of hydrogen-bond acceptors (Lipinski definition) is 3. The maximum absolute atomic E-state index is 13.1. The molecule has 1 aromatic carbocycles. The number of nitrogens with zero attached hydrogens (tertiary/aromatic N) is 2. The summed E-state index contributed by atoms with van der Waals surface area (Å²) in [5, 5.41) is 0. The molecule has 2 aliphatic rings. The normalized spacial score (nSPS) is 18.6. The van der Waals surface area contributed by atoms with Crippen LogP contribution >= 0.6 is 11.8 Å². The van der Waals surface area contributed by atoms with E-state index in [1.54, 1.807) is 11.8 Å². The summed E-state index contributed by atoms with van der Waals surface area (Å²) >= 11 is 1.73. The Morgan fingerprint density at radius 3 is 2.26 bits per heavy atom.